The summed E-state index contributed by atoms with van der Waals surface area (Å²) < 4.78 is 14.0. The van der Waals surface area contributed by atoms with E-state index in [-0.39, 0.29) is 43.2 Å². The van der Waals surface area contributed by atoms with Crippen molar-refractivity contribution in [3.8, 4) is 0 Å². The maximum atomic E-state index is 14.0. The largest absolute Gasteiger partial charge is 0.347 e. The lowest BCUT2D eigenvalue weighted by atomic mass is 10.0. The van der Waals surface area contributed by atoms with Gasteiger partial charge in [-0.15, -0.1) is 0 Å². The van der Waals surface area contributed by atoms with E-state index in [1.165, 1.54) is 6.07 Å². The van der Waals surface area contributed by atoms with Crippen molar-refractivity contribution in [3.05, 3.63) is 83.7 Å². The van der Waals surface area contributed by atoms with Crippen LogP contribution in [0.5, 0.6) is 0 Å². The molecular weight excluding hydrogens is 367 g/mol. The van der Waals surface area contributed by atoms with E-state index >= 15 is 0 Å². The van der Waals surface area contributed by atoms with Gasteiger partial charge in [0.2, 0.25) is 11.8 Å². The Morgan fingerprint density at radius 3 is 2.41 bits per heavy atom. The standard InChI is InChI=1S/C24H23FN2O2/c25-22-11-4-2-7-19(22)16-27(20-12-13-20)24(29)15-26-23(28)14-18-9-5-8-17-6-1-3-10-21(17)18/h1-11,20H,12-16H2,(H,26,28). The number of nitrogens with zero attached hydrogens (tertiary/aromatic N) is 1. The van der Waals surface area contributed by atoms with Crippen LogP contribution in [0.4, 0.5) is 4.39 Å². The quantitative estimate of drug-likeness (QED) is 0.667. The number of halogens is 1. The van der Waals surface area contributed by atoms with Gasteiger partial charge in [-0.05, 0) is 35.2 Å². The minimum absolute atomic E-state index is 0.0748. The van der Waals surface area contributed by atoms with Crippen molar-refractivity contribution in [2.45, 2.75) is 31.8 Å². The summed E-state index contributed by atoms with van der Waals surface area (Å²) in [4.78, 5) is 26.8. The molecule has 4 rings (SSSR count). The first-order valence-corrected chi connectivity index (χ1v) is 9.88. The van der Waals surface area contributed by atoms with E-state index in [1.807, 2.05) is 42.5 Å². The third-order valence-corrected chi connectivity index (χ3v) is 5.27. The molecule has 2 amide bonds. The maximum absolute atomic E-state index is 14.0. The summed E-state index contributed by atoms with van der Waals surface area (Å²) in [6.45, 7) is 0.157. The van der Waals surface area contributed by atoms with Crippen LogP contribution in [0.15, 0.2) is 66.7 Å². The summed E-state index contributed by atoms with van der Waals surface area (Å²) >= 11 is 0. The number of carbonyl (C=O) groups is 2. The Balaban J connectivity index is 1.37. The third-order valence-electron chi connectivity index (χ3n) is 5.27. The van der Waals surface area contributed by atoms with E-state index < -0.39 is 0 Å². The zero-order chi connectivity index (χ0) is 20.2. The molecule has 0 unspecified atom stereocenters. The number of hydrogen-bond donors (Lipinski definition) is 1. The molecule has 0 aliphatic heterocycles. The second-order valence-corrected chi connectivity index (χ2v) is 7.44. The molecule has 3 aromatic carbocycles. The van der Waals surface area contributed by atoms with Crippen LogP contribution in [0.25, 0.3) is 10.8 Å². The highest BCUT2D eigenvalue weighted by Crippen LogP contribution is 2.28. The summed E-state index contributed by atoms with van der Waals surface area (Å²) in [6, 6.07) is 20.4. The van der Waals surface area contributed by atoms with E-state index in [0.717, 1.165) is 29.2 Å². The molecule has 0 atom stereocenters. The van der Waals surface area contributed by atoms with Crippen molar-refractivity contribution in [3.63, 3.8) is 0 Å². The summed E-state index contributed by atoms with van der Waals surface area (Å²) in [5.74, 6) is -0.690. The number of hydrogen-bond acceptors (Lipinski definition) is 2. The van der Waals surface area contributed by atoms with Crippen LogP contribution in [0.2, 0.25) is 0 Å². The zero-order valence-corrected chi connectivity index (χ0v) is 16.1. The van der Waals surface area contributed by atoms with E-state index in [9.17, 15) is 14.0 Å². The molecule has 0 radical (unpaired) electrons. The minimum Gasteiger partial charge on any atom is -0.347 e. The molecule has 0 spiro atoms. The van der Waals surface area contributed by atoms with Crippen molar-refractivity contribution >= 4 is 22.6 Å². The van der Waals surface area contributed by atoms with Crippen molar-refractivity contribution in [2.24, 2.45) is 0 Å². The lowest BCUT2D eigenvalue weighted by molar-refractivity contribution is -0.133. The number of fused-ring (bicyclic) bond motifs is 1. The Morgan fingerprint density at radius 2 is 1.62 bits per heavy atom. The molecule has 0 saturated heterocycles. The van der Waals surface area contributed by atoms with Gasteiger partial charge in [0.05, 0.1) is 13.0 Å². The lowest BCUT2D eigenvalue weighted by Gasteiger charge is -2.23. The van der Waals surface area contributed by atoms with E-state index in [2.05, 4.69) is 5.32 Å². The van der Waals surface area contributed by atoms with Gasteiger partial charge in [-0.1, -0.05) is 60.7 Å². The van der Waals surface area contributed by atoms with Gasteiger partial charge in [0.25, 0.3) is 0 Å². The predicted octanol–water partition coefficient (Wildman–Crippen LogP) is 3.83. The Bertz CT molecular complexity index is 1040. The molecule has 0 aromatic heterocycles. The molecule has 29 heavy (non-hydrogen) atoms. The fourth-order valence-corrected chi connectivity index (χ4v) is 3.58. The number of benzene rings is 3. The molecule has 1 N–H and O–H groups in total. The highest BCUT2D eigenvalue weighted by Gasteiger charge is 2.32. The van der Waals surface area contributed by atoms with Gasteiger partial charge in [0, 0.05) is 18.2 Å². The second-order valence-electron chi connectivity index (χ2n) is 7.44. The van der Waals surface area contributed by atoms with Crippen molar-refractivity contribution in [1.29, 1.82) is 0 Å². The molecule has 1 saturated carbocycles. The highest BCUT2D eigenvalue weighted by atomic mass is 19.1. The molecule has 148 valence electrons. The first-order chi connectivity index (χ1) is 14.1. The van der Waals surface area contributed by atoms with Crippen LogP contribution in [-0.2, 0) is 22.6 Å². The molecular formula is C24H23FN2O2. The minimum atomic E-state index is -0.314. The van der Waals surface area contributed by atoms with Gasteiger partial charge in [-0.25, -0.2) is 4.39 Å². The van der Waals surface area contributed by atoms with Crippen LogP contribution >= 0.6 is 0 Å². The van der Waals surface area contributed by atoms with Crippen molar-refractivity contribution < 1.29 is 14.0 Å². The van der Waals surface area contributed by atoms with Gasteiger partial charge in [-0.2, -0.15) is 0 Å². The van der Waals surface area contributed by atoms with E-state index in [4.69, 9.17) is 0 Å². The van der Waals surface area contributed by atoms with Crippen molar-refractivity contribution in [1.82, 2.24) is 10.2 Å². The normalized spacial score (nSPS) is 13.3. The van der Waals surface area contributed by atoms with Crippen LogP contribution in [0.1, 0.15) is 24.0 Å². The number of rotatable bonds is 7. The number of amides is 2. The van der Waals surface area contributed by atoms with Crippen LogP contribution in [0.3, 0.4) is 0 Å². The van der Waals surface area contributed by atoms with Crippen LogP contribution in [0, 0.1) is 5.82 Å². The fraction of sp³-hybridized carbons (Fsp3) is 0.250. The first kappa shape index (κ1) is 19.1. The smallest absolute Gasteiger partial charge is 0.242 e. The average molecular weight is 390 g/mol. The first-order valence-electron chi connectivity index (χ1n) is 9.88. The lowest BCUT2D eigenvalue weighted by Crippen LogP contribution is -2.41. The zero-order valence-electron chi connectivity index (χ0n) is 16.1. The Hall–Kier alpha value is -3.21. The molecule has 0 bridgehead atoms. The molecule has 3 aromatic rings. The summed E-state index contributed by atoms with van der Waals surface area (Å²) in [6.07, 6.45) is 2.06. The Morgan fingerprint density at radius 1 is 0.931 bits per heavy atom. The molecule has 1 aliphatic rings. The van der Waals surface area contributed by atoms with Gasteiger partial charge in [0.15, 0.2) is 0 Å². The van der Waals surface area contributed by atoms with Crippen LogP contribution in [-0.4, -0.2) is 29.3 Å². The van der Waals surface area contributed by atoms with Crippen LogP contribution < -0.4 is 5.32 Å². The third kappa shape index (κ3) is 4.62. The fourth-order valence-electron chi connectivity index (χ4n) is 3.58. The SMILES string of the molecule is O=C(Cc1cccc2ccccc12)NCC(=O)N(Cc1ccccc1F)C1CC1. The van der Waals surface area contributed by atoms with E-state index in [1.54, 1.807) is 23.1 Å². The highest BCUT2D eigenvalue weighted by molar-refractivity contribution is 5.91. The molecule has 1 fully saturated rings. The Kier molecular flexibility index (Phi) is 5.56. The van der Waals surface area contributed by atoms with Gasteiger partial charge < -0.3 is 10.2 Å². The molecule has 1 aliphatic carbocycles. The van der Waals surface area contributed by atoms with Gasteiger partial charge >= 0.3 is 0 Å². The topological polar surface area (TPSA) is 49.4 Å². The van der Waals surface area contributed by atoms with Gasteiger partial charge in [-0.3, -0.25) is 9.59 Å². The number of nitrogens with one attached hydrogen (secondary N) is 1. The van der Waals surface area contributed by atoms with E-state index in [0.29, 0.717) is 5.56 Å². The Labute approximate surface area is 169 Å². The summed E-state index contributed by atoms with van der Waals surface area (Å²) in [5, 5.41) is 4.85. The molecule has 0 heterocycles. The predicted molar refractivity (Wildman–Crippen MR) is 111 cm³/mol. The number of carbonyl (C=O) groups excluding carboxylic acids is 2. The second kappa shape index (κ2) is 8.43. The summed E-state index contributed by atoms with van der Waals surface area (Å²) in [5.41, 5.74) is 1.42. The maximum Gasteiger partial charge on any atom is 0.242 e. The monoisotopic (exact) mass is 390 g/mol. The molecule has 5 heteroatoms. The molecule has 4 nitrogen and oxygen atoms in total. The summed E-state index contributed by atoms with van der Waals surface area (Å²) in [7, 11) is 0. The average Bonchev–Trinajstić information content (AvgIpc) is 3.57. The van der Waals surface area contributed by atoms with Gasteiger partial charge in [0.1, 0.15) is 5.82 Å². The van der Waals surface area contributed by atoms with Crippen molar-refractivity contribution in [2.75, 3.05) is 6.54 Å².